The number of likely N-dealkylation sites (tertiary alicyclic amines) is 1. The van der Waals surface area contributed by atoms with Crippen molar-refractivity contribution < 1.29 is 14.3 Å². The highest BCUT2D eigenvalue weighted by Gasteiger charge is 2.34. The Kier molecular flexibility index (Phi) is 6.32. The van der Waals surface area contributed by atoms with Gasteiger partial charge in [0.2, 0.25) is 0 Å². The number of rotatable bonds is 5. The second kappa shape index (κ2) is 7.84. The lowest BCUT2D eigenvalue weighted by molar-refractivity contribution is -0.0157. The summed E-state index contributed by atoms with van der Waals surface area (Å²) in [6.07, 6.45) is 4.72. The molecule has 1 aliphatic heterocycles. The van der Waals surface area contributed by atoms with E-state index in [-0.39, 0.29) is 6.09 Å². The number of carbonyl (C=O) groups excluding carboxylic acids is 1. The van der Waals surface area contributed by atoms with E-state index in [9.17, 15) is 4.79 Å². The van der Waals surface area contributed by atoms with Crippen molar-refractivity contribution in [1.29, 1.82) is 0 Å². The summed E-state index contributed by atoms with van der Waals surface area (Å²) in [5.74, 6) is 0.502. The van der Waals surface area contributed by atoms with E-state index in [2.05, 4.69) is 19.2 Å². The van der Waals surface area contributed by atoms with E-state index >= 15 is 0 Å². The van der Waals surface area contributed by atoms with Gasteiger partial charge in [-0.15, -0.1) is 0 Å². The Morgan fingerprint density at radius 3 is 2.65 bits per heavy atom. The molecule has 2 unspecified atom stereocenters. The van der Waals surface area contributed by atoms with Crippen LogP contribution in [0.4, 0.5) is 4.79 Å². The second-order valence-electron chi connectivity index (χ2n) is 8.03. The van der Waals surface area contributed by atoms with Crippen molar-refractivity contribution in [3.8, 4) is 0 Å². The maximum absolute atomic E-state index is 12.3. The average molecular weight is 326 g/mol. The molecule has 1 amide bonds. The summed E-state index contributed by atoms with van der Waals surface area (Å²) < 4.78 is 11.1. The molecule has 5 heteroatoms. The number of nitrogens with zero attached hydrogens (tertiary/aromatic N) is 1. The highest BCUT2D eigenvalue weighted by atomic mass is 16.6. The summed E-state index contributed by atoms with van der Waals surface area (Å²) in [4.78, 5) is 14.1. The van der Waals surface area contributed by atoms with Gasteiger partial charge in [0.15, 0.2) is 0 Å². The molecule has 23 heavy (non-hydrogen) atoms. The zero-order valence-electron chi connectivity index (χ0n) is 15.4. The third kappa shape index (κ3) is 5.64. The van der Waals surface area contributed by atoms with Crippen LogP contribution in [0.2, 0.25) is 0 Å². The largest absolute Gasteiger partial charge is 0.444 e. The summed E-state index contributed by atoms with van der Waals surface area (Å²) in [6.45, 7) is 12.5. The van der Waals surface area contributed by atoms with Crippen molar-refractivity contribution in [1.82, 2.24) is 10.2 Å². The SMILES string of the molecule is CCOC1CC(NC(C)C2CCCN(C(=O)OC(C)(C)C)C2)C1. The van der Waals surface area contributed by atoms with E-state index in [1.807, 2.05) is 25.7 Å². The molecule has 1 saturated carbocycles. The molecule has 2 atom stereocenters. The summed E-state index contributed by atoms with van der Waals surface area (Å²) in [5.41, 5.74) is -0.423. The number of hydrogen-bond donors (Lipinski definition) is 1. The molecule has 1 heterocycles. The van der Waals surface area contributed by atoms with Gasteiger partial charge in [0, 0.05) is 31.8 Å². The Bertz CT molecular complexity index is 388. The van der Waals surface area contributed by atoms with Crippen LogP contribution in [-0.2, 0) is 9.47 Å². The molecule has 0 spiro atoms. The minimum atomic E-state index is -0.423. The smallest absolute Gasteiger partial charge is 0.410 e. The second-order valence-corrected chi connectivity index (χ2v) is 8.03. The van der Waals surface area contributed by atoms with Gasteiger partial charge in [0.1, 0.15) is 5.60 Å². The van der Waals surface area contributed by atoms with Gasteiger partial charge in [-0.05, 0) is 66.2 Å². The molecule has 0 aromatic carbocycles. The van der Waals surface area contributed by atoms with Crippen molar-refractivity contribution in [2.24, 2.45) is 5.92 Å². The van der Waals surface area contributed by atoms with E-state index in [4.69, 9.17) is 9.47 Å². The maximum atomic E-state index is 12.3. The van der Waals surface area contributed by atoms with Crippen LogP contribution in [0.1, 0.15) is 60.3 Å². The first-order chi connectivity index (χ1) is 10.8. The molecule has 134 valence electrons. The van der Waals surface area contributed by atoms with Crippen molar-refractivity contribution >= 4 is 6.09 Å². The minimum absolute atomic E-state index is 0.172. The van der Waals surface area contributed by atoms with Crippen LogP contribution in [0.15, 0.2) is 0 Å². The van der Waals surface area contributed by atoms with Crippen molar-refractivity contribution in [2.45, 2.75) is 84.1 Å². The third-order valence-corrected chi connectivity index (χ3v) is 4.81. The van der Waals surface area contributed by atoms with E-state index in [1.54, 1.807) is 0 Å². The fourth-order valence-electron chi connectivity index (χ4n) is 3.49. The lowest BCUT2D eigenvalue weighted by atomic mass is 9.85. The fourth-order valence-corrected chi connectivity index (χ4v) is 3.49. The van der Waals surface area contributed by atoms with Crippen LogP contribution < -0.4 is 5.32 Å². The molecular formula is C18H34N2O3. The number of nitrogens with one attached hydrogen (secondary N) is 1. The summed E-state index contributed by atoms with van der Waals surface area (Å²) in [5, 5.41) is 3.72. The quantitative estimate of drug-likeness (QED) is 0.843. The predicted octanol–water partition coefficient (Wildman–Crippen LogP) is 3.18. The lowest BCUT2D eigenvalue weighted by Crippen LogP contribution is -2.53. The molecule has 1 saturated heterocycles. The van der Waals surface area contributed by atoms with Crippen LogP contribution in [0, 0.1) is 5.92 Å². The first kappa shape index (κ1) is 18.5. The van der Waals surface area contributed by atoms with Crippen LogP contribution in [0.3, 0.4) is 0 Å². The third-order valence-electron chi connectivity index (χ3n) is 4.81. The Hall–Kier alpha value is -0.810. The molecule has 0 radical (unpaired) electrons. The molecule has 5 nitrogen and oxygen atoms in total. The van der Waals surface area contributed by atoms with Gasteiger partial charge in [-0.2, -0.15) is 0 Å². The molecule has 0 aromatic rings. The Morgan fingerprint density at radius 2 is 2.04 bits per heavy atom. The Morgan fingerprint density at radius 1 is 1.35 bits per heavy atom. The zero-order valence-corrected chi connectivity index (χ0v) is 15.4. The Balaban J connectivity index is 1.76. The molecule has 2 fully saturated rings. The minimum Gasteiger partial charge on any atom is -0.444 e. The summed E-state index contributed by atoms with van der Waals surface area (Å²) in [6, 6.07) is 0.992. The van der Waals surface area contributed by atoms with Gasteiger partial charge in [-0.25, -0.2) is 4.79 Å². The fraction of sp³-hybridized carbons (Fsp3) is 0.944. The number of amides is 1. The van der Waals surface area contributed by atoms with Gasteiger partial charge >= 0.3 is 6.09 Å². The summed E-state index contributed by atoms with van der Waals surface area (Å²) in [7, 11) is 0. The standard InChI is InChI=1S/C18H34N2O3/c1-6-22-16-10-15(11-16)19-13(2)14-8-7-9-20(12-14)17(21)23-18(3,4)5/h13-16,19H,6-12H2,1-5H3. The molecule has 2 rings (SSSR count). The van der Waals surface area contributed by atoms with E-state index in [0.717, 1.165) is 39.0 Å². The topological polar surface area (TPSA) is 50.8 Å². The molecule has 0 bridgehead atoms. The van der Waals surface area contributed by atoms with E-state index < -0.39 is 5.60 Å². The molecule has 0 aromatic heterocycles. The lowest BCUT2D eigenvalue weighted by Gasteiger charge is -2.41. The van der Waals surface area contributed by atoms with Crippen molar-refractivity contribution in [2.75, 3.05) is 19.7 Å². The van der Waals surface area contributed by atoms with Crippen molar-refractivity contribution in [3.05, 3.63) is 0 Å². The van der Waals surface area contributed by atoms with Crippen LogP contribution in [-0.4, -0.2) is 54.5 Å². The highest BCUT2D eigenvalue weighted by Crippen LogP contribution is 2.27. The average Bonchev–Trinajstić information content (AvgIpc) is 2.43. The van der Waals surface area contributed by atoms with E-state index in [1.165, 1.54) is 6.42 Å². The highest BCUT2D eigenvalue weighted by molar-refractivity contribution is 5.68. The Labute approximate surface area is 141 Å². The number of ether oxygens (including phenoxy) is 2. The zero-order chi connectivity index (χ0) is 17.0. The number of carbonyl (C=O) groups is 1. The number of hydrogen-bond acceptors (Lipinski definition) is 4. The predicted molar refractivity (Wildman–Crippen MR) is 91.6 cm³/mol. The van der Waals surface area contributed by atoms with Gasteiger partial charge in [0.25, 0.3) is 0 Å². The van der Waals surface area contributed by atoms with Crippen LogP contribution >= 0.6 is 0 Å². The van der Waals surface area contributed by atoms with Crippen LogP contribution in [0.25, 0.3) is 0 Å². The van der Waals surface area contributed by atoms with Gasteiger partial charge in [-0.3, -0.25) is 0 Å². The van der Waals surface area contributed by atoms with Crippen LogP contribution in [0.5, 0.6) is 0 Å². The normalized spacial score (nSPS) is 29.8. The first-order valence-electron chi connectivity index (χ1n) is 9.14. The monoisotopic (exact) mass is 326 g/mol. The van der Waals surface area contributed by atoms with Gasteiger partial charge < -0.3 is 19.7 Å². The summed E-state index contributed by atoms with van der Waals surface area (Å²) >= 11 is 0. The molecule has 2 aliphatic rings. The van der Waals surface area contributed by atoms with E-state index in [0.29, 0.717) is 24.1 Å². The maximum Gasteiger partial charge on any atom is 0.410 e. The van der Waals surface area contributed by atoms with Gasteiger partial charge in [-0.1, -0.05) is 0 Å². The molecule has 1 N–H and O–H groups in total. The van der Waals surface area contributed by atoms with Gasteiger partial charge in [0.05, 0.1) is 6.10 Å². The van der Waals surface area contributed by atoms with Crippen molar-refractivity contribution in [3.63, 3.8) is 0 Å². The molecule has 1 aliphatic carbocycles. The molecular weight excluding hydrogens is 292 g/mol. The first-order valence-corrected chi connectivity index (χ1v) is 9.14. The number of piperidine rings is 1.